The second-order valence-corrected chi connectivity index (χ2v) is 5.62. The molecule has 0 aliphatic rings. The van der Waals surface area contributed by atoms with Crippen molar-refractivity contribution in [1.29, 1.82) is 0 Å². The fraction of sp³-hybridized carbons (Fsp3) is 0.455. The second-order valence-electron chi connectivity index (χ2n) is 3.97. The number of rotatable bonds is 6. The fourth-order valence-corrected chi connectivity index (χ4v) is 2.42. The fourth-order valence-electron chi connectivity index (χ4n) is 1.43. The van der Waals surface area contributed by atoms with Crippen molar-refractivity contribution in [1.82, 2.24) is 0 Å². The summed E-state index contributed by atoms with van der Waals surface area (Å²) in [6.45, 7) is 1.64. The maximum Gasteiger partial charge on any atom is 0.209 e. The first-order chi connectivity index (χ1) is 8.33. The van der Waals surface area contributed by atoms with Gasteiger partial charge in [0, 0.05) is 5.92 Å². The van der Waals surface area contributed by atoms with Crippen molar-refractivity contribution >= 4 is 10.0 Å². The van der Waals surface area contributed by atoms with E-state index in [4.69, 9.17) is 9.88 Å². The van der Waals surface area contributed by atoms with E-state index in [1.807, 2.05) is 0 Å². The third kappa shape index (κ3) is 4.58. The van der Waals surface area contributed by atoms with Crippen molar-refractivity contribution in [3.8, 4) is 5.75 Å². The van der Waals surface area contributed by atoms with Crippen LogP contribution in [0.25, 0.3) is 0 Å². The van der Waals surface area contributed by atoms with Crippen molar-refractivity contribution in [3.05, 3.63) is 29.8 Å². The minimum absolute atomic E-state index is 0.106. The first kappa shape index (κ1) is 14.8. The molecule has 0 aliphatic heterocycles. The zero-order valence-corrected chi connectivity index (χ0v) is 10.7. The topological polar surface area (TPSA) is 69.4 Å². The summed E-state index contributed by atoms with van der Waals surface area (Å²) in [6.07, 6.45) is 0.479. The van der Waals surface area contributed by atoms with Gasteiger partial charge in [-0.05, 0) is 18.6 Å². The summed E-state index contributed by atoms with van der Waals surface area (Å²) in [6, 6.07) is 3.36. The maximum absolute atomic E-state index is 13.2. The summed E-state index contributed by atoms with van der Waals surface area (Å²) in [5.41, 5.74) is 0. The Balaban J connectivity index is 2.69. The highest BCUT2D eigenvalue weighted by Gasteiger charge is 2.17. The predicted molar refractivity (Wildman–Crippen MR) is 63.6 cm³/mol. The van der Waals surface area contributed by atoms with Gasteiger partial charge in [-0.25, -0.2) is 22.3 Å². The van der Waals surface area contributed by atoms with Crippen LogP contribution >= 0.6 is 0 Å². The predicted octanol–water partition coefficient (Wildman–Crippen LogP) is 1.66. The lowest BCUT2D eigenvalue weighted by Crippen LogP contribution is -2.26. The average molecular weight is 279 g/mol. The molecule has 0 aromatic heterocycles. The molecule has 0 saturated heterocycles. The van der Waals surface area contributed by atoms with Crippen molar-refractivity contribution in [3.63, 3.8) is 0 Å². The second kappa shape index (κ2) is 6.10. The molecule has 18 heavy (non-hydrogen) atoms. The number of benzene rings is 1. The standard InChI is InChI=1S/C11H15F2NO3S/c1-2-8(7-18(14,15)16)6-17-11-9(12)4-3-5-10(11)13/h3-5,8H,2,6-7H2,1H3,(H2,14,15,16). The Morgan fingerprint density at radius 2 is 1.89 bits per heavy atom. The van der Waals surface area contributed by atoms with E-state index in [9.17, 15) is 17.2 Å². The largest absolute Gasteiger partial charge is 0.487 e. The van der Waals surface area contributed by atoms with Gasteiger partial charge >= 0.3 is 0 Å². The number of hydrogen-bond donors (Lipinski definition) is 1. The van der Waals surface area contributed by atoms with Gasteiger partial charge in [-0.2, -0.15) is 0 Å². The first-order valence-corrected chi connectivity index (χ1v) is 7.12. The summed E-state index contributed by atoms with van der Waals surface area (Å²) >= 11 is 0. The normalized spacial score (nSPS) is 13.3. The molecule has 0 bridgehead atoms. The van der Waals surface area contributed by atoms with Crippen LogP contribution < -0.4 is 9.88 Å². The van der Waals surface area contributed by atoms with Gasteiger partial charge in [0.25, 0.3) is 0 Å². The monoisotopic (exact) mass is 279 g/mol. The molecule has 1 aromatic rings. The number of ether oxygens (including phenoxy) is 1. The van der Waals surface area contributed by atoms with E-state index in [0.29, 0.717) is 6.42 Å². The van der Waals surface area contributed by atoms with Crippen LogP contribution in [0.3, 0.4) is 0 Å². The number of hydrogen-bond acceptors (Lipinski definition) is 3. The van der Waals surface area contributed by atoms with Gasteiger partial charge in [0.1, 0.15) is 0 Å². The zero-order valence-electron chi connectivity index (χ0n) is 9.90. The Hall–Kier alpha value is -1.21. The van der Waals surface area contributed by atoms with E-state index in [1.165, 1.54) is 6.07 Å². The Kier molecular flexibility index (Phi) is 5.03. The van der Waals surface area contributed by atoms with E-state index in [0.717, 1.165) is 12.1 Å². The Bertz CT molecular complexity index is 485. The molecule has 0 radical (unpaired) electrons. The van der Waals surface area contributed by atoms with Gasteiger partial charge < -0.3 is 4.74 Å². The molecule has 1 unspecified atom stereocenters. The molecule has 0 heterocycles. The van der Waals surface area contributed by atoms with E-state index in [-0.39, 0.29) is 12.4 Å². The molecule has 2 N–H and O–H groups in total. The van der Waals surface area contributed by atoms with Crippen molar-refractivity contribution < 1.29 is 21.9 Å². The third-order valence-corrected chi connectivity index (χ3v) is 3.36. The summed E-state index contributed by atoms with van der Waals surface area (Å²) in [5, 5.41) is 4.91. The lowest BCUT2D eigenvalue weighted by Gasteiger charge is -2.15. The van der Waals surface area contributed by atoms with Crippen LogP contribution in [0.5, 0.6) is 5.75 Å². The molecular weight excluding hydrogens is 264 g/mol. The average Bonchev–Trinajstić information content (AvgIpc) is 2.25. The molecule has 0 spiro atoms. The van der Waals surface area contributed by atoms with Crippen LogP contribution in [-0.2, 0) is 10.0 Å². The van der Waals surface area contributed by atoms with Gasteiger partial charge in [-0.3, -0.25) is 0 Å². The molecule has 1 aromatic carbocycles. The molecular formula is C11H15F2NO3S. The highest BCUT2D eigenvalue weighted by Crippen LogP contribution is 2.22. The van der Waals surface area contributed by atoms with Crippen LogP contribution in [0.1, 0.15) is 13.3 Å². The lowest BCUT2D eigenvalue weighted by atomic mass is 10.1. The zero-order chi connectivity index (χ0) is 13.8. The Morgan fingerprint density at radius 1 is 1.33 bits per heavy atom. The third-order valence-electron chi connectivity index (χ3n) is 2.43. The van der Waals surface area contributed by atoms with Gasteiger partial charge in [0.15, 0.2) is 17.4 Å². The van der Waals surface area contributed by atoms with Crippen LogP contribution in [0.15, 0.2) is 18.2 Å². The van der Waals surface area contributed by atoms with E-state index in [2.05, 4.69) is 0 Å². The Morgan fingerprint density at radius 3 is 2.33 bits per heavy atom. The van der Waals surface area contributed by atoms with Crippen molar-refractivity contribution in [2.45, 2.75) is 13.3 Å². The van der Waals surface area contributed by atoms with Gasteiger partial charge in [-0.15, -0.1) is 0 Å². The van der Waals surface area contributed by atoms with E-state index in [1.54, 1.807) is 6.92 Å². The van der Waals surface area contributed by atoms with Gasteiger partial charge in [0.05, 0.1) is 12.4 Å². The number of primary sulfonamides is 1. The molecule has 1 atom stereocenters. The van der Waals surface area contributed by atoms with Gasteiger partial charge in [-0.1, -0.05) is 13.0 Å². The molecule has 0 saturated carbocycles. The van der Waals surface area contributed by atoms with Crippen molar-refractivity contribution in [2.24, 2.45) is 11.1 Å². The summed E-state index contributed by atoms with van der Waals surface area (Å²) in [4.78, 5) is 0. The molecule has 0 fully saturated rings. The van der Waals surface area contributed by atoms with Crippen LogP contribution in [0.2, 0.25) is 0 Å². The van der Waals surface area contributed by atoms with Crippen LogP contribution in [0, 0.1) is 17.6 Å². The number of sulfonamides is 1. The SMILES string of the molecule is CCC(COc1c(F)cccc1F)CS(N)(=O)=O. The molecule has 4 nitrogen and oxygen atoms in total. The smallest absolute Gasteiger partial charge is 0.209 e. The number of nitrogens with two attached hydrogens (primary N) is 1. The van der Waals surface area contributed by atoms with E-state index < -0.39 is 33.3 Å². The summed E-state index contributed by atoms with van der Waals surface area (Å²) in [5.74, 6) is -2.81. The summed E-state index contributed by atoms with van der Waals surface area (Å²) < 4.78 is 53.3. The van der Waals surface area contributed by atoms with Gasteiger partial charge in [0.2, 0.25) is 10.0 Å². The summed E-state index contributed by atoms with van der Waals surface area (Å²) in [7, 11) is -3.63. The minimum atomic E-state index is -3.63. The van der Waals surface area contributed by atoms with Crippen LogP contribution in [0.4, 0.5) is 8.78 Å². The molecule has 1 rings (SSSR count). The minimum Gasteiger partial charge on any atom is -0.487 e. The lowest BCUT2D eigenvalue weighted by molar-refractivity contribution is 0.236. The first-order valence-electron chi connectivity index (χ1n) is 5.40. The van der Waals surface area contributed by atoms with E-state index >= 15 is 0 Å². The highest BCUT2D eigenvalue weighted by atomic mass is 32.2. The van der Waals surface area contributed by atoms with Crippen LogP contribution in [-0.4, -0.2) is 20.8 Å². The number of halogens is 2. The number of para-hydroxylation sites is 1. The quantitative estimate of drug-likeness (QED) is 0.861. The molecule has 7 heteroatoms. The Labute approximate surface area is 105 Å². The molecule has 0 amide bonds. The maximum atomic E-state index is 13.2. The van der Waals surface area contributed by atoms with Crippen molar-refractivity contribution in [2.75, 3.05) is 12.4 Å². The highest BCUT2D eigenvalue weighted by molar-refractivity contribution is 7.89. The molecule has 102 valence electrons. The molecule has 0 aliphatic carbocycles.